The van der Waals surface area contributed by atoms with E-state index in [1.54, 1.807) is 0 Å². The molecule has 0 aliphatic carbocycles. The van der Waals surface area contributed by atoms with Crippen LogP contribution in [0.15, 0.2) is 18.2 Å². The van der Waals surface area contributed by atoms with Gasteiger partial charge < -0.3 is 20.7 Å². The molecule has 17 heavy (non-hydrogen) atoms. The molecular formula is C11H14FNO4. The quantitative estimate of drug-likeness (QED) is 0.684. The average molecular weight is 243 g/mol. The fourth-order valence-corrected chi connectivity index (χ4v) is 1.46. The maximum Gasteiger partial charge on any atom is 0.220 e. The Kier molecular flexibility index (Phi) is 4.42. The largest absolute Gasteiger partial charge is 0.496 e. The van der Waals surface area contributed by atoms with E-state index in [2.05, 4.69) is 0 Å². The maximum absolute atomic E-state index is 13.0. The smallest absolute Gasteiger partial charge is 0.220 e. The third kappa shape index (κ3) is 3.40. The van der Waals surface area contributed by atoms with Crippen molar-refractivity contribution in [1.29, 1.82) is 0 Å². The summed E-state index contributed by atoms with van der Waals surface area (Å²) in [5.41, 5.74) is 4.96. The van der Waals surface area contributed by atoms with Crippen LogP contribution in [0.2, 0.25) is 0 Å². The van der Waals surface area contributed by atoms with E-state index in [4.69, 9.17) is 10.5 Å². The number of rotatable bonds is 5. The first-order chi connectivity index (χ1) is 7.95. The van der Waals surface area contributed by atoms with Crippen molar-refractivity contribution >= 4 is 5.91 Å². The number of carbonyl (C=O) groups excluding carboxylic acids is 1. The number of aliphatic hydroxyl groups excluding tert-OH is 2. The monoisotopic (exact) mass is 243 g/mol. The Hall–Kier alpha value is -1.66. The Morgan fingerprint density at radius 3 is 2.71 bits per heavy atom. The molecule has 0 saturated carbocycles. The molecule has 0 bridgehead atoms. The number of ether oxygens (including phenoxy) is 1. The molecule has 0 heterocycles. The second-order valence-electron chi connectivity index (χ2n) is 3.57. The molecule has 2 atom stereocenters. The van der Waals surface area contributed by atoms with Crippen LogP contribution < -0.4 is 10.5 Å². The van der Waals surface area contributed by atoms with Gasteiger partial charge in [0, 0.05) is 5.56 Å². The van der Waals surface area contributed by atoms with Gasteiger partial charge in [0.15, 0.2) is 0 Å². The van der Waals surface area contributed by atoms with Crippen LogP contribution in [0.25, 0.3) is 0 Å². The average Bonchev–Trinajstić information content (AvgIpc) is 2.27. The zero-order valence-corrected chi connectivity index (χ0v) is 9.26. The van der Waals surface area contributed by atoms with Crippen molar-refractivity contribution in [3.8, 4) is 5.75 Å². The highest BCUT2D eigenvalue weighted by molar-refractivity contribution is 5.74. The number of hydrogen-bond acceptors (Lipinski definition) is 4. The molecule has 0 aliphatic heterocycles. The standard InChI is InChI=1S/C11H14FNO4/c1-17-9-3-2-6(12)4-7(9)11(16)8(14)5-10(13)15/h2-4,8,11,14,16H,5H2,1H3,(H2,13,15). The number of methoxy groups -OCH3 is 1. The van der Waals surface area contributed by atoms with Gasteiger partial charge in [-0.05, 0) is 18.2 Å². The maximum atomic E-state index is 13.0. The van der Waals surface area contributed by atoms with Crippen LogP contribution in [0.3, 0.4) is 0 Å². The molecule has 2 unspecified atom stereocenters. The molecule has 5 nitrogen and oxygen atoms in total. The summed E-state index contributed by atoms with van der Waals surface area (Å²) in [5, 5.41) is 19.3. The first-order valence-electron chi connectivity index (χ1n) is 4.93. The number of benzene rings is 1. The molecule has 0 radical (unpaired) electrons. The normalized spacial score (nSPS) is 14.1. The Bertz CT molecular complexity index is 410. The van der Waals surface area contributed by atoms with Gasteiger partial charge in [-0.3, -0.25) is 4.79 Å². The summed E-state index contributed by atoms with van der Waals surface area (Å²) in [4.78, 5) is 10.6. The van der Waals surface area contributed by atoms with Crippen molar-refractivity contribution in [2.45, 2.75) is 18.6 Å². The molecule has 6 heteroatoms. The van der Waals surface area contributed by atoms with E-state index < -0.39 is 30.4 Å². The second-order valence-corrected chi connectivity index (χ2v) is 3.57. The lowest BCUT2D eigenvalue weighted by Crippen LogP contribution is -2.26. The lowest BCUT2D eigenvalue weighted by molar-refractivity contribution is -0.121. The zero-order valence-electron chi connectivity index (χ0n) is 9.26. The number of primary amides is 1. The molecule has 1 amide bonds. The molecular weight excluding hydrogens is 229 g/mol. The van der Waals surface area contributed by atoms with Crippen LogP contribution in [0.5, 0.6) is 5.75 Å². The van der Waals surface area contributed by atoms with Crippen LogP contribution in [-0.2, 0) is 4.79 Å². The highest BCUT2D eigenvalue weighted by Crippen LogP contribution is 2.28. The molecule has 4 N–H and O–H groups in total. The van der Waals surface area contributed by atoms with Gasteiger partial charge in [0.05, 0.1) is 19.6 Å². The summed E-state index contributed by atoms with van der Waals surface area (Å²) in [6, 6.07) is 3.52. The minimum Gasteiger partial charge on any atom is -0.496 e. The number of amides is 1. The van der Waals surface area contributed by atoms with Crippen molar-refractivity contribution in [2.24, 2.45) is 5.73 Å². The van der Waals surface area contributed by atoms with Gasteiger partial charge in [0.2, 0.25) is 5.91 Å². The first-order valence-corrected chi connectivity index (χ1v) is 4.93. The Morgan fingerprint density at radius 2 is 2.18 bits per heavy atom. The zero-order chi connectivity index (χ0) is 13.0. The van der Waals surface area contributed by atoms with Gasteiger partial charge in [-0.2, -0.15) is 0 Å². The molecule has 94 valence electrons. The van der Waals surface area contributed by atoms with Crippen LogP contribution >= 0.6 is 0 Å². The van der Waals surface area contributed by atoms with Gasteiger partial charge in [-0.25, -0.2) is 4.39 Å². The fourth-order valence-electron chi connectivity index (χ4n) is 1.46. The highest BCUT2D eigenvalue weighted by Gasteiger charge is 2.23. The molecule has 0 fully saturated rings. The lowest BCUT2D eigenvalue weighted by atomic mass is 10.0. The van der Waals surface area contributed by atoms with Crippen LogP contribution in [0.4, 0.5) is 4.39 Å². The summed E-state index contributed by atoms with van der Waals surface area (Å²) in [6.45, 7) is 0. The van der Waals surface area contributed by atoms with Gasteiger partial charge in [0.1, 0.15) is 17.7 Å². The van der Waals surface area contributed by atoms with Crippen molar-refractivity contribution in [3.63, 3.8) is 0 Å². The summed E-state index contributed by atoms with van der Waals surface area (Å²) in [5.74, 6) is -1.11. The molecule has 0 spiro atoms. The second kappa shape index (κ2) is 5.60. The first kappa shape index (κ1) is 13.4. The van der Waals surface area contributed by atoms with E-state index >= 15 is 0 Å². The van der Waals surface area contributed by atoms with E-state index in [-0.39, 0.29) is 11.3 Å². The van der Waals surface area contributed by atoms with E-state index in [1.807, 2.05) is 0 Å². The summed E-state index contributed by atoms with van der Waals surface area (Å²) < 4.78 is 18.0. The van der Waals surface area contributed by atoms with Crippen LogP contribution in [0.1, 0.15) is 18.1 Å². The van der Waals surface area contributed by atoms with E-state index in [1.165, 1.54) is 13.2 Å². The van der Waals surface area contributed by atoms with Crippen molar-refractivity contribution in [2.75, 3.05) is 7.11 Å². The number of aliphatic hydroxyl groups is 2. The number of carbonyl (C=O) groups is 1. The topological polar surface area (TPSA) is 92.8 Å². The minimum atomic E-state index is -1.44. The van der Waals surface area contributed by atoms with Crippen molar-refractivity contribution in [1.82, 2.24) is 0 Å². The molecule has 1 rings (SSSR count). The Labute approximate surface area is 97.6 Å². The number of halogens is 1. The summed E-state index contributed by atoms with van der Waals surface area (Å²) in [7, 11) is 1.35. The molecule has 1 aromatic carbocycles. The Morgan fingerprint density at radius 1 is 1.53 bits per heavy atom. The fraction of sp³-hybridized carbons (Fsp3) is 0.364. The SMILES string of the molecule is COc1ccc(F)cc1C(O)C(O)CC(N)=O. The van der Waals surface area contributed by atoms with Crippen molar-refractivity contribution < 1.29 is 24.1 Å². The molecule has 0 aromatic heterocycles. The van der Waals surface area contributed by atoms with Gasteiger partial charge in [0.25, 0.3) is 0 Å². The van der Waals surface area contributed by atoms with E-state index in [9.17, 15) is 19.4 Å². The predicted molar refractivity (Wildman–Crippen MR) is 57.7 cm³/mol. The molecule has 0 aliphatic rings. The third-order valence-electron chi connectivity index (χ3n) is 2.29. The predicted octanol–water partition coefficient (Wildman–Crippen LogP) is 0.104. The molecule has 0 saturated heterocycles. The summed E-state index contributed by atoms with van der Waals surface area (Å²) in [6.07, 6.45) is -3.25. The summed E-state index contributed by atoms with van der Waals surface area (Å²) >= 11 is 0. The van der Waals surface area contributed by atoms with Gasteiger partial charge in [-0.1, -0.05) is 0 Å². The van der Waals surface area contributed by atoms with Crippen molar-refractivity contribution in [3.05, 3.63) is 29.6 Å². The van der Waals surface area contributed by atoms with Gasteiger partial charge >= 0.3 is 0 Å². The molecule has 1 aromatic rings. The number of hydrogen-bond donors (Lipinski definition) is 3. The van der Waals surface area contributed by atoms with Crippen LogP contribution in [0, 0.1) is 5.82 Å². The highest BCUT2D eigenvalue weighted by atomic mass is 19.1. The van der Waals surface area contributed by atoms with E-state index in [0.717, 1.165) is 12.1 Å². The van der Waals surface area contributed by atoms with E-state index in [0.29, 0.717) is 0 Å². The minimum absolute atomic E-state index is 0.0706. The Balaban J connectivity index is 2.97. The number of nitrogens with two attached hydrogens (primary N) is 1. The lowest BCUT2D eigenvalue weighted by Gasteiger charge is -2.19. The van der Waals surface area contributed by atoms with Crippen LogP contribution in [-0.4, -0.2) is 29.3 Å². The third-order valence-corrected chi connectivity index (χ3v) is 2.29. The van der Waals surface area contributed by atoms with Gasteiger partial charge in [-0.15, -0.1) is 0 Å².